The highest BCUT2D eigenvalue weighted by atomic mass is 19.4. The summed E-state index contributed by atoms with van der Waals surface area (Å²) in [7, 11) is 0. The lowest BCUT2D eigenvalue weighted by Crippen LogP contribution is -2.38. The van der Waals surface area contributed by atoms with E-state index in [1.807, 2.05) is 0 Å². The summed E-state index contributed by atoms with van der Waals surface area (Å²) >= 11 is 0. The molecular weight excluding hydrogens is 552 g/mol. The first-order chi connectivity index (χ1) is 19.4. The lowest BCUT2D eigenvalue weighted by atomic mass is 9.65. The van der Waals surface area contributed by atoms with Crippen LogP contribution in [0, 0.1) is 58.9 Å². The number of benzene rings is 2. The largest absolute Gasteiger partial charge is 0.458 e. The van der Waals surface area contributed by atoms with Crippen molar-refractivity contribution < 1.29 is 39.9 Å². The van der Waals surface area contributed by atoms with Gasteiger partial charge in [-0.25, -0.2) is 13.2 Å². The van der Waals surface area contributed by atoms with Crippen molar-refractivity contribution in [3.63, 3.8) is 0 Å². The second kappa shape index (κ2) is 12.0. The average Bonchev–Trinajstić information content (AvgIpc) is 2.92. The molecule has 2 aromatic rings. The number of hydrogen-bond acceptors (Lipinski definition) is 1. The molecule has 0 N–H and O–H groups in total. The Kier molecular flexibility index (Phi) is 8.78. The Balaban J connectivity index is 1.21. The van der Waals surface area contributed by atoms with E-state index in [1.165, 1.54) is 50.9 Å². The van der Waals surface area contributed by atoms with Gasteiger partial charge in [0.1, 0.15) is 17.4 Å². The quantitative estimate of drug-likeness (QED) is 0.250. The maximum atomic E-state index is 15.2. The summed E-state index contributed by atoms with van der Waals surface area (Å²) in [6, 6.07) is 1.95. The maximum absolute atomic E-state index is 15.2. The lowest BCUT2D eigenvalue weighted by molar-refractivity contribution is -0.224. The number of alkyl halides is 5. The molecule has 9 heteroatoms. The van der Waals surface area contributed by atoms with Crippen molar-refractivity contribution in [3.05, 3.63) is 41.2 Å². The first-order valence-electron chi connectivity index (χ1n) is 14.7. The second-order valence-electron chi connectivity index (χ2n) is 12.1. The van der Waals surface area contributed by atoms with Crippen LogP contribution in [0.1, 0.15) is 89.0 Å². The zero-order chi connectivity index (χ0) is 29.4. The molecule has 0 aliphatic heterocycles. The van der Waals surface area contributed by atoms with Crippen molar-refractivity contribution in [1.29, 1.82) is 0 Å². The molecule has 0 amide bonds. The molecule has 0 aromatic heterocycles. The molecule has 0 radical (unpaired) electrons. The van der Waals surface area contributed by atoms with Crippen molar-refractivity contribution >= 4 is 10.8 Å². The Bertz CT molecular complexity index is 1280. The van der Waals surface area contributed by atoms with Crippen LogP contribution in [-0.4, -0.2) is 12.3 Å². The molecule has 0 spiro atoms. The van der Waals surface area contributed by atoms with Gasteiger partial charge in [0.15, 0.2) is 5.82 Å². The van der Waals surface area contributed by atoms with E-state index >= 15 is 8.78 Å². The number of hydrogen-bond donors (Lipinski definition) is 0. The number of ether oxygens (including phenoxy) is 1. The SMILES string of the molecule is Fc1cc2cc(OC(F)(F)C3CCC(C4CCC(C5CCCCC5)CC4)CC3)cc(F)c2c(F)c1C#CC(F)(F)F. The van der Waals surface area contributed by atoms with Gasteiger partial charge in [-0.2, -0.15) is 22.0 Å². The molecule has 1 nitrogen and oxygen atoms in total. The number of fused-ring (bicyclic) bond motifs is 1. The van der Waals surface area contributed by atoms with E-state index in [0.717, 1.165) is 36.7 Å². The van der Waals surface area contributed by atoms with Crippen LogP contribution in [0.3, 0.4) is 0 Å². The Morgan fingerprint density at radius 2 is 1.17 bits per heavy atom. The third kappa shape index (κ3) is 6.94. The highest BCUT2D eigenvalue weighted by molar-refractivity contribution is 5.87. The number of rotatable bonds is 5. The molecule has 2 aromatic carbocycles. The zero-order valence-electron chi connectivity index (χ0n) is 22.7. The van der Waals surface area contributed by atoms with Crippen molar-refractivity contribution in [2.24, 2.45) is 29.6 Å². The molecular formula is C32H34F8O. The molecule has 0 saturated heterocycles. The molecule has 3 aliphatic carbocycles. The predicted molar refractivity (Wildman–Crippen MR) is 140 cm³/mol. The van der Waals surface area contributed by atoms with Gasteiger partial charge in [0, 0.05) is 12.0 Å². The van der Waals surface area contributed by atoms with E-state index in [1.54, 1.807) is 0 Å². The predicted octanol–water partition coefficient (Wildman–Crippen LogP) is 10.3. The minimum atomic E-state index is -5.01. The topological polar surface area (TPSA) is 9.23 Å². The van der Waals surface area contributed by atoms with Crippen LogP contribution < -0.4 is 4.74 Å². The molecule has 3 aliphatic rings. The van der Waals surface area contributed by atoms with Gasteiger partial charge in [0.2, 0.25) is 0 Å². The van der Waals surface area contributed by atoms with Crippen molar-refractivity contribution in [2.75, 3.05) is 0 Å². The standard InChI is InChI=1S/C32H34F8O/c33-27-17-23-16-25(18-28(34)29(23)30(35)26(27)14-15-31(36,37)38)41-32(39,40)24-12-10-22(11-13-24)21-8-6-20(7-9-21)19-4-2-1-3-5-19/h16-22,24H,1-13H2. The van der Waals surface area contributed by atoms with Gasteiger partial charge in [-0.05, 0) is 92.6 Å². The van der Waals surface area contributed by atoms with Crippen LogP contribution in [0.4, 0.5) is 35.1 Å². The molecule has 0 unspecified atom stereocenters. The summed E-state index contributed by atoms with van der Waals surface area (Å²) in [6.07, 6.45) is 4.75. The molecule has 0 heterocycles. The smallest absolute Gasteiger partial charge is 0.432 e. The molecule has 5 rings (SSSR count). The van der Waals surface area contributed by atoms with Crippen molar-refractivity contribution in [3.8, 4) is 17.6 Å². The molecule has 3 saturated carbocycles. The van der Waals surface area contributed by atoms with Crippen LogP contribution in [0.5, 0.6) is 5.75 Å². The van der Waals surface area contributed by atoms with Gasteiger partial charge >= 0.3 is 12.3 Å². The Labute approximate surface area is 235 Å². The van der Waals surface area contributed by atoms with E-state index < -0.39 is 57.7 Å². The normalized spacial score (nSPS) is 26.4. The van der Waals surface area contributed by atoms with Crippen molar-refractivity contribution in [1.82, 2.24) is 0 Å². The first kappa shape index (κ1) is 30.0. The van der Waals surface area contributed by atoms with Gasteiger partial charge < -0.3 is 4.74 Å². The summed E-state index contributed by atoms with van der Waals surface area (Å²) in [5, 5.41) is -1.32. The van der Waals surface area contributed by atoms with Crippen LogP contribution in [0.2, 0.25) is 0 Å². The van der Waals surface area contributed by atoms with E-state index in [-0.39, 0.29) is 12.8 Å². The average molecular weight is 587 g/mol. The van der Waals surface area contributed by atoms with Crippen LogP contribution >= 0.6 is 0 Å². The second-order valence-corrected chi connectivity index (χ2v) is 12.1. The fourth-order valence-electron chi connectivity index (χ4n) is 7.55. The maximum Gasteiger partial charge on any atom is 0.458 e. The monoisotopic (exact) mass is 586 g/mol. The van der Waals surface area contributed by atoms with Gasteiger partial charge in [0.05, 0.1) is 16.9 Å². The molecule has 3 fully saturated rings. The highest BCUT2D eigenvalue weighted by Gasteiger charge is 2.45. The van der Waals surface area contributed by atoms with Gasteiger partial charge in [-0.3, -0.25) is 0 Å². The minimum Gasteiger partial charge on any atom is -0.432 e. The van der Waals surface area contributed by atoms with Gasteiger partial charge in [-0.1, -0.05) is 38.0 Å². The van der Waals surface area contributed by atoms with Crippen LogP contribution in [0.15, 0.2) is 18.2 Å². The summed E-state index contributed by atoms with van der Waals surface area (Å²) < 4.78 is 116. The summed E-state index contributed by atoms with van der Waals surface area (Å²) in [5.41, 5.74) is -1.26. The summed E-state index contributed by atoms with van der Waals surface area (Å²) in [6.45, 7) is 0. The fraction of sp³-hybridized carbons (Fsp3) is 0.625. The lowest BCUT2D eigenvalue weighted by Gasteiger charge is -2.41. The molecule has 0 atom stereocenters. The Morgan fingerprint density at radius 1 is 0.634 bits per heavy atom. The Morgan fingerprint density at radius 3 is 1.73 bits per heavy atom. The third-order valence-electron chi connectivity index (χ3n) is 9.68. The van der Waals surface area contributed by atoms with E-state index in [4.69, 9.17) is 4.74 Å². The molecule has 224 valence electrons. The van der Waals surface area contributed by atoms with Crippen LogP contribution in [-0.2, 0) is 0 Å². The van der Waals surface area contributed by atoms with Crippen molar-refractivity contribution in [2.45, 2.75) is 95.8 Å². The van der Waals surface area contributed by atoms with E-state index in [2.05, 4.69) is 0 Å². The fourth-order valence-corrected chi connectivity index (χ4v) is 7.55. The van der Waals surface area contributed by atoms with E-state index in [0.29, 0.717) is 36.8 Å². The Hall–Kier alpha value is -2.50. The molecule has 41 heavy (non-hydrogen) atoms. The minimum absolute atomic E-state index is 0.265. The van der Waals surface area contributed by atoms with Crippen LogP contribution in [0.25, 0.3) is 10.8 Å². The molecule has 0 bridgehead atoms. The van der Waals surface area contributed by atoms with Gasteiger partial charge in [-0.15, -0.1) is 0 Å². The summed E-state index contributed by atoms with van der Waals surface area (Å²) in [5.74, 6) is -1.45. The number of halogens is 8. The first-order valence-corrected chi connectivity index (χ1v) is 14.7. The van der Waals surface area contributed by atoms with Gasteiger partial charge in [0.25, 0.3) is 0 Å². The summed E-state index contributed by atoms with van der Waals surface area (Å²) in [4.78, 5) is 0. The van der Waals surface area contributed by atoms with E-state index in [9.17, 15) is 26.3 Å². The third-order valence-corrected chi connectivity index (χ3v) is 9.68. The zero-order valence-corrected chi connectivity index (χ0v) is 22.7. The highest BCUT2D eigenvalue weighted by Crippen LogP contribution is 2.48.